The van der Waals surface area contributed by atoms with Crippen LogP contribution in [0.4, 0.5) is 13.2 Å². The van der Waals surface area contributed by atoms with E-state index in [2.05, 4.69) is 27.3 Å². The van der Waals surface area contributed by atoms with Gasteiger partial charge in [-0.25, -0.2) is 9.78 Å². The lowest BCUT2D eigenvalue weighted by atomic mass is 9.94. The number of aromatic nitrogens is 4. The number of carboxylic acid groups (broad SMARTS) is 1. The van der Waals surface area contributed by atoms with Gasteiger partial charge in [0, 0.05) is 29.5 Å². The van der Waals surface area contributed by atoms with Gasteiger partial charge in [0.2, 0.25) is 0 Å². The van der Waals surface area contributed by atoms with Crippen molar-refractivity contribution in [2.45, 2.75) is 43.8 Å². The summed E-state index contributed by atoms with van der Waals surface area (Å²) >= 11 is 0. The Morgan fingerprint density at radius 2 is 2.03 bits per heavy atom. The van der Waals surface area contributed by atoms with Crippen molar-refractivity contribution in [1.29, 1.82) is 5.26 Å². The topological polar surface area (TPSA) is 108 Å². The number of H-pyrrole nitrogens is 1. The third kappa shape index (κ3) is 4.23. The van der Waals surface area contributed by atoms with Crippen LogP contribution in [0.25, 0.3) is 22.2 Å². The Labute approximate surface area is 163 Å². The molecule has 3 aromatic heterocycles. The van der Waals surface area contributed by atoms with Crippen LogP contribution in [-0.4, -0.2) is 37.0 Å². The first-order valence-electron chi connectivity index (χ1n) is 8.91. The molecule has 2 N–H and O–H groups in total. The molecule has 1 aliphatic carbocycles. The smallest absolute Gasteiger partial charge is 0.475 e. The van der Waals surface area contributed by atoms with E-state index in [0.717, 1.165) is 35.0 Å². The van der Waals surface area contributed by atoms with Crippen LogP contribution in [-0.2, 0) is 10.3 Å². The number of nitrogens with zero attached hydrogens (tertiary/aromatic N) is 4. The van der Waals surface area contributed by atoms with Crippen LogP contribution in [0.5, 0.6) is 0 Å². The van der Waals surface area contributed by atoms with Crippen molar-refractivity contribution in [2.24, 2.45) is 0 Å². The molecule has 0 atom stereocenters. The van der Waals surface area contributed by atoms with Gasteiger partial charge in [-0.1, -0.05) is 12.8 Å². The molecule has 3 heterocycles. The second kappa shape index (κ2) is 7.95. The number of alkyl halides is 3. The summed E-state index contributed by atoms with van der Waals surface area (Å²) in [5, 5.41) is 22.0. The minimum Gasteiger partial charge on any atom is -0.475 e. The molecule has 0 radical (unpaired) electrons. The Morgan fingerprint density at radius 3 is 2.66 bits per heavy atom. The van der Waals surface area contributed by atoms with Crippen LogP contribution in [0.1, 0.15) is 32.1 Å². The molecule has 1 aliphatic rings. The number of pyridine rings is 1. The fraction of sp³-hybridized carbons (Fsp3) is 0.368. The van der Waals surface area contributed by atoms with E-state index in [-0.39, 0.29) is 5.54 Å². The maximum absolute atomic E-state index is 10.6. The van der Waals surface area contributed by atoms with Gasteiger partial charge < -0.3 is 10.1 Å². The molecule has 0 amide bonds. The highest BCUT2D eigenvalue weighted by atomic mass is 19.4. The molecule has 0 spiro atoms. The minimum atomic E-state index is -5.08. The number of fused-ring (bicyclic) bond motifs is 1. The van der Waals surface area contributed by atoms with Crippen LogP contribution in [0.15, 0.2) is 36.9 Å². The van der Waals surface area contributed by atoms with E-state index < -0.39 is 12.1 Å². The van der Waals surface area contributed by atoms with E-state index in [4.69, 9.17) is 9.90 Å². The summed E-state index contributed by atoms with van der Waals surface area (Å²) < 4.78 is 33.8. The van der Waals surface area contributed by atoms with Gasteiger partial charge in [0.1, 0.15) is 5.65 Å². The van der Waals surface area contributed by atoms with Gasteiger partial charge in [0.25, 0.3) is 0 Å². The summed E-state index contributed by atoms with van der Waals surface area (Å²) in [6.45, 7) is 0. The Hall–Kier alpha value is -3.35. The van der Waals surface area contributed by atoms with Crippen LogP contribution in [0.3, 0.4) is 0 Å². The number of hydrogen-bond donors (Lipinski definition) is 2. The van der Waals surface area contributed by atoms with Crippen molar-refractivity contribution in [3.63, 3.8) is 0 Å². The zero-order valence-electron chi connectivity index (χ0n) is 15.3. The van der Waals surface area contributed by atoms with Gasteiger partial charge in [-0.2, -0.15) is 23.5 Å². The van der Waals surface area contributed by atoms with Gasteiger partial charge in [0.05, 0.1) is 24.2 Å². The molecule has 0 aromatic carbocycles. The molecule has 0 bridgehead atoms. The van der Waals surface area contributed by atoms with Gasteiger partial charge in [-0.15, -0.1) is 0 Å². The average Bonchev–Trinajstić information content (AvgIpc) is 3.41. The molecule has 152 valence electrons. The highest BCUT2D eigenvalue weighted by molar-refractivity contribution is 5.92. The van der Waals surface area contributed by atoms with Crippen molar-refractivity contribution in [1.82, 2.24) is 19.7 Å². The summed E-state index contributed by atoms with van der Waals surface area (Å²) in [5.74, 6) is -2.76. The number of carbonyl (C=O) groups is 1. The second-order valence-electron chi connectivity index (χ2n) is 6.84. The lowest BCUT2D eigenvalue weighted by molar-refractivity contribution is -0.192. The number of carboxylic acids is 1. The number of hydrogen-bond acceptors (Lipinski definition) is 4. The fourth-order valence-electron chi connectivity index (χ4n) is 3.60. The molecule has 0 unspecified atom stereocenters. The highest BCUT2D eigenvalue weighted by Gasteiger charge is 2.38. The molecule has 1 fully saturated rings. The van der Waals surface area contributed by atoms with Gasteiger partial charge in [-0.3, -0.25) is 4.68 Å². The first-order valence-corrected chi connectivity index (χ1v) is 8.91. The summed E-state index contributed by atoms with van der Waals surface area (Å²) in [7, 11) is 0. The van der Waals surface area contributed by atoms with Crippen molar-refractivity contribution < 1.29 is 23.1 Å². The Balaban J connectivity index is 0.000000298. The molecule has 0 saturated heterocycles. The Bertz CT molecular complexity index is 1040. The van der Waals surface area contributed by atoms with Crippen LogP contribution < -0.4 is 0 Å². The predicted molar refractivity (Wildman–Crippen MR) is 97.7 cm³/mol. The average molecular weight is 405 g/mol. The van der Waals surface area contributed by atoms with Gasteiger partial charge >= 0.3 is 12.1 Å². The number of nitrogens with one attached hydrogen (secondary N) is 1. The maximum Gasteiger partial charge on any atom is 0.490 e. The van der Waals surface area contributed by atoms with Crippen molar-refractivity contribution in [3.05, 3.63) is 36.9 Å². The molecular weight excluding hydrogens is 387 g/mol. The van der Waals surface area contributed by atoms with E-state index in [9.17, 15) is 18.4 Å². The first-order chi connectivity index (χ1) is 13.8. The van der Waals surface area contributed by atoms with Crippen LogP contribution in [0.2, 0.25) is 0 Å². The van der Waals surface area contributed by atoms with Crippen molar-refractivity contribution in [2.75, 3.05) is 0 Å². The van der Waals surface area contributed by atoms with Crippen molar-refractivity contribution >= 4 is 17.0 Å². The normalized spacial score (nSPS) is 15.5. The first kappa shape index (κ1) is 20.4. The number of aromatic amines is 1. The molecule has 10 heteroatoms. The predicted octanol–water partition coefficient (Wildman–Crippen LogP) is 4.24. The van der Waals surface area contributed by atoms with E-state index in [1.807, 2.05) is 35.4 Å². The molecular formula is C19H18F3N5O2. The number of aliphatic carboxylic acids is 1. The number of rotatable bonds is 3. The van der Waals surface area contributed by atoms with Crippen LogP contribution in [0, 0.1) is 11.3 Å². The van der Waals surface area contributed by atoms with E-state index in [1.54, 1.807) is 0 Å². The third-order valence-electron chi connectivity index (χ3n) is 5.02. The standard InChI is InChI=1S/C17H17N5.C2HF3O2/c18-8-7-17(5-1-2-6-17)22-12-13(11-21-22)14-3-9-19-16-15(14)4-10-20-16;3-2(4,5)1(6)7/h3-4,9-12H,1-2,5-7H2,(H,19,20);(H,6,7). The molecule has 0 aliphatic heterocycles. The molecule has 4 rings (SSSR count). The number of halogens is 3. The summed E-state index contributed by atoms with van der Waals surface area (Å²) in [5.41, 5.74) is 2.98. The summed E-state index contributed by atoms with van der Waals surface area (Å²) in [6.07, 6.45) is 7.58. The van der Waals surface area contributed by atoms with Crippen LogP contribution >= 0.6 is 0 Å². The maximum atomic E-state index is 10.6. The van der Waals surface area contributed by atoms with Gasteiger partial charge in [0.15, 0.2) is 0 Å². The van der Waals surface area contributed by atoms with Crippen molar-refractivity contribution in [3.8, 4) is 17.2 Å². The Kier molecular flexibility index (Phi) is 5.59. The lowest BCUT2D eigenvalue weighted by Crippen LogP contribution is -2.30. The number of nitriles is 1. The zero-order chi connectivity index (χ0) is 21.1. The molecule has 29 heavy (non-hydrogen) atoms. The quantitative estimate of drug-likeness (QED) is 0.678. The van der Waals surface area contributed by atoms with E-state index in [1.165, 1.54) is 12.8 Å². The molecule has 3 aromatic rings. The van der Waals surface area contributed by atoms with Gasteiger partial charge in [-0.05, 0) is 30.5 Å². The SMILES string of the molecule is N#CCC1(n2cc(-c3ccnc4[nH]ccc34)cn2)CCCC1.O=C(O)C(F)(F)F. The van der Waals surface area contributed by atoms with E-state index >= 15 is 0 Å². The fourth-order valence-corrected chi connectivity index (χ4v) is 3.60. The zero-order valence-corrected chi connectivity index (χ0v) is 15.3. The highest BCUT2D eigenvalue weighted by Crippen LogP contribution is 2.40. The lowest BCUT2D eigenvalue weighted by Gasteiger charge is -2.26. The Morgan fingerprint density at radius 1 is 1.34 bits per heavy atom. The molecule has 7 nitrogen and oxygen atoms in total. The molecule has 1 saturated carbocycles. The third-order valence-corrected chi connectivity index (χ3v) is 5.02. The largest absolute Gasteiger partial charge is 0.490 e. The monoisotopic (exact) mass is 405 g/mol. The summed E-state index contributed by atoms with van der Waals surface area (Å²) in [6, 6.07) is 6.40. The van der Waals surface area contributed by atoms with E-state index in [0.29, 0.717) is 6.42 Å². The minimum absolute atomic E-state index is 0.114. The summed E-state index contributed by atoms with van der Waals surface area (Å²) in [4.78, 5) is 16.4. The second-order valence-corrected chi connectivity index (χ2v) is 6.84.